The minimum Gasteiger partial charge on any atom is -0.446 e. The molecule has 1 unspecified atom stereocenters. The maximum absolute atomic E-state index is 11.7. The van der Waals surface area contributed by atoms with Crippen LogP contribution in [0.5, 0.6) is 5.75 Å². The Kier molecular flexibility index (Phi) is 7.97. The summed E-state index contributed by atoms with van der Waals surface area (Å²) in [6.07, 6.45) is 1.88. The molecule has 4 nitrogen and oxygen atoms in total. The molecule has 1 atom stereocenters. The van der Waals surface area contributed by atoms with E-state index in [1.807, 2.05) is 6.92 Å². The lowest BCUT2D eigenvalue weighted by molar-refractivity contribution is -0.141. The van der Waals surface area contributed by atoms with Crippen molar-refractivity contribution in [1.82, 2.24) is 0 Å². The second kappa shape index (κ2) is 9.46. The summed E-state index contributed by atoms with van der Waals surface area (Å²) in [6.45, 7) is 3.47. The molecule has 1 aromatic rings. The maximum Gasteiger partial charge on any atom is 0.336 e. The Labute approximate surface area is 149 Å². The number of ether oxygens (including phenoxy) is 2. The first-order valence-corrected chi connectivity index (χ1v) is 7.68. The summed E-state index contributed by atoms with van der Waals surface area (Å²) in [5, 5.41) is 0.466. The van der Waals surface area contributed by atoms with Gasteiger partial charge in [0.15, 0.2) is 11.9 Å². The third-order valence-electron chi connectivity index (χ3n) is 2.46. The van der Waals surface area contributed by atoms with Crippen molar-refractivity contribution in [2.45, 2.75) is 26.4 Å². The van der Waals surface area contributed by atoms with Gasteiger partial charge >= 0.3 is 11.9 Å². The molecule has 23 heavy (non-hydrogen) atoms. The van der Waals surface area contributed by atoms with Crippen LogP contribution in [0.25, 0.3) is 0 Å². The van der Waals surface area contributed by atoms with Crippen molar-refractivity contribution in [1.29, 1.82) is 0 Å². The number of hydrogen-bond acceptors (Lipinski definition) is 4. The summed E-state index contributed by atoms with van der Waals surface area (Å²) < 4.78 is 10.0. The summed E-state index contributed by atoms with van der Waals surface area (Å²) in [5.74, 6) is 3.80. The number of hydrogen-bond donors (Lipinski definition) is 0. The van der Waals surface area contributed by atoms with Crippen LogP contribution >= 0.6 is 34.8 Å². The average Bonchev–Trinajstić information content (AvgIpc) is 2.48. The van der Waals surface area contributed by atoms with Gasteiger partial charge in [-0.1, -0.05) is 47.6 Å². The topological polar surface area (TPSA) is 52.6 Å². The zero-order valence-corrected chi connectivity index (χ0v) is 14.6. The minimum absolute atomic E-state index is 0.0379. The second-order valence-electron chi connectivity index (χ2n) is 4.18. The first-order valence-electron chi connectivity index (χ1n) is 6.54. The van der Waals surface area contributed by atoms with Crippen LogP contribution in [0.15, 0.2) is 24.3 Å². The Hall–Kier alpha value is -1.67. The lowest BCUT2D eigenvalue weighted by Gasteiger charge is -2.08. The fourth-order valence-corrected chi connectivity index (χ4v) is 2.35. The smallest absolute Gasteiger partial charge is 0.336 e. The lowest BCUT2D eigenvalue weighted by Crippen LogP contribution is -2.14. The highest BCUT2D eigenvalue weighted by Crippen LogP contribution is 2.35. The molecule has 0 amide bonds. The van der Waals surface area contributed by atoms with Gasteiger partial charge in [-0.2, -0.15) is 0 Å². The normalized spacial score (nSPS) is 11.5. The summed E-state index contributed by atoms with van der Waals surface area (Å²) in [6, 6.07) is 2.76. The van der Waals surface area contributed by atoms with Crippen LogP contribution in [0.1, 0.15) is 20.3 Å². The van der Waals surface area contributed by atoms with E-state index in [-0.39, 0.29) is 15.8 Å². The maximum atomic E-state index is 11.7. The molecule has 0 saturated carbocycles. The molecule has 0 aliphatic heterocycles. The average molecular weight is 376 g/mol. The van der Waals surface area contributed by atoms with Crippen molar-refractivity contribution >= 4 is 46.7 Å². The number of halogens is 3. The summed E-state index contributed by atoms with van der Waals surface area (Å²) in [4.78, 5) is 23.3. The summed E-state index contributed by atoms with van der Waals surface area (Å²) in [7, 11) is 0. The van der Waals surface area contributed by atoms with Crippen LogP contribution in [0.4, 0.5) is 0 Å². The first kappa shape index (κ1) is 19.4. The Morgan fingerprint density at radius 1 is 1.17 bits per heavy atom. The number of carbonyl (C=O) groups excluding carboxylic acids is 2. The molecular weight excluding hydrogens is 363 g/mol. The third-order valence-corrected chi connectivity index (χ3v) is 3.24. The van der Waals surface area contributed by atoms with Crippen LogP contribution in [-0.2, 0) is 14.3 Å². The number of carbonyl (C=O) groups is 2. The molecule has 7 heteroatoms. The molecule has 1 aromatic carbocycles. The Morgan fingerprint density at radius 2 is 1.74 bits per heavy atom. The number of benzene rings is 1. The van der Waals surface area contributed by atoms with E-state index in [2.05, 4.69) is 11.8 Å². The van der Waals surface area contributed by atoms with E-state index in [0.717, 1.165) is 12.2 Å². The SMILES string of the molecule is CC#CC(CC)OC(=O)/C=C/C(=O)Oc1c(Cl)cc(Cl)cc1Cl. The molecule has 0 fully saturated rings. The highest BCUT2D eigenvalue weighted by molar-refractivity contribution is 6.40. The van der Waals surface area contributed by atoms with Crippen molar-refractivity contribution in [2.24, 2.45) is 0 Å². The van der Waals surface area contributed by atoms with E-state index < -0.39 is 18.0 Å². The largest absolute Gasteiger partial charge is 0.446 e. The molecule has 0 aliphatic rings. The van der Waals surface area contributed by atoms with Crippen molar-refractivity contribution in [3.8, 4) is 17.6 Å². The monoisotopic (exact) mass is 374 g/mol. The Bertz CT molecular complexity index is 663. The summed E-state index contributed by atoms with van der Waals surface area (Å²) in [5.41, 5.74) is 0. The van der Waals surface area contributed by atoms with Crippen molar-refractivity contribution in [3.63, 3.8) is 0 Å². The van der Waals surface area contributed by atoms with Gasteiger partial charge in [-0.3, -0.25) is 0 Å². The van der Waals surface area contributed by atoms with Gasteiger partial charge in [0.2, 0.25) is 0 Å². The van der Waals surface area contributed by atoms with Crippen LogP contribution in [-0.4, -0.2) is 18.0 Å². The van der Waals surface area contributed by atoms with Crippen molar-refractivity contribution < 1.29 is 19.1 Å². The second-order valence-corrected chi connectivity index (χ2v) is 5.43. The van der Waals surface area contributed by atoms with Crippen LogP contribution in [0, 0.1) is 11.8 Å². The molecule has 0 radical (unpaired) electrons. The third kappa shape index (κ3) is 6.54. The Balaban J connectivity index is 2.69. The zero-order chi connectivity index (χ0) is 17.4. The lowest BCUT2D eigenvalue weighted by atomic mass is 10.3. The fourth-order valence-electron chi connectivity index (χ4n) is 1.45. The molecule has 0 spiro atoms. The molecule has 122 valence electrons. The predicted octanol–water partition coefficient (Wildman–Crippen LogP) is 4.45. The van der Waals surface area contributed by atoms with E-state index in [9.17, 15) is 9.59 Å². The van der Waals surface area contributed by atoms with Gasteiger partial charge < -0.3 is 9.47 Å². The van der Waals surface area contributed by atoms with Gasteiger partial charge in [0.25, 0.3) is 0 Å². The van der Waals surface area contributed by atoms with Gasteiger partial charge in [-0.25, -0.2) is 9.59 Å². The zero-order valence-electron chi connectivity index (χ0n) is 12.4. The standard InChI is InChI=1S/C16H13Cl3O4/c1-3-5-11(4-2)22-14(20)6-7-15(21)23-16-12(18)8-10(17)9-13(16)19/h6-9,11H,4H2,1-2H3/b7-6+. The fraction of sp³-hybridized carbons (Fsp3) is 0.250. The highest BCUT2D eigenvalue weighted by Gasteiger charge is 2.13. The van der Waals surface area contributed by atoms with E-state index in [0.29, 0.717) is 11.4 Å². The van der Waals surface area contributed by atoms with E-state index in [1.54, 1.807) is 6.92 Å². The van der Waals surface area contributed by atoms with Gasteiger partial charge in [-0.15, -0.1) is 5.92 Å². The van der Waals surface area contributed by atoms with Crippen LogP contribution in [0.2, 0.25) is 15.1 Å². The molecule has 0 bridgehead atoms. The summed E-state index contributed by atoms with van der Waals surface area (Å²) >= 11 is 17.5. The van der Waals surface area contributed by atoms with Crippen LogP contribution < -0.4 is 4.74 Å². The van der Waals surface area contributed by atoms with E-state index in [4.69, 9.17) is 44.3 Å². The molecular formula is C16H13Cl3O4. The molecule has 0 N–H and O–H groups in total. The molecule has 1 rings (SSSR count). The molecule has 0 aromatic heterocycles. The highest BCUT2D eigenvalue weighted by atomic mass is 35.5. The first-order chi connectivity index (χ1) is 10.9. The van der Waals surface area contributed by atoms with Gasteiger partial charge in [0.1, 0.15) is 0 Å². The Morgan fingerprint density at radius 3 is 2.26 bits per heavy atom. The van der Waals surface area contributed by atoms with Crippen molar-refractivity contribution in [2.75, 3.05) is 0 Å². The minimum atomic E-state index is -0.831. The molecule has 0 saturated heterocycles. The van der Waals surface area contributed by atoms with Gasteiger partial charge in [0, 0.05) is 17.2 Å². The quantitative estimate of drug-likeness (QED) is 0.330. The van der Waals surface area contributed by atoms with Gasteiger partial charge in [-0.05, 0) is 25.5 Å². The molecule has 0 heterocycles. The van der Waals surface area contributed by atoms with Crippen molar-refractivity contribution in [3.05, 3.63) is 39.4 Å². The van der Waals surface area contributed by atoms with Gasteiger partial charge in [0.05, 0.1) is 10.0 Å². The molecule has 0 aliphatic carbocycles. The van der Waals surface area contributed by atoms with Crippen LogP contribution in [0.3, 0.4) is 0 Å². The van der Waals surface area contributed by atoms with E-state index in [1.165, 1.54) is 12.1 Å². The predicted molar refractivity (Wildman–Crippen MR) is 89.9 cm³/mol. The number of esters is 2. The van der Waals surface area contributed by atoms with E-state index >= 15 is 0 Å². The number of rotatable bonds is 5.